The Morgan fingerprint density at radius 1 is 1.00 bits per heavy atom. The molecule has 3 aromatic carbocycles. The van der Waals surface area contributed by atoms with E-state index in [1.807, 2.05) is 42.5 Å². The fraction of sp³-hybridized carbons (Fsp3) is 0.207. The van der Waals surface area contributed by atoms with Gasteiger partial charge in [-0.1, -0.05) is 24.2 Å². The monoisotopic (exact) mass is 543 g/mol. The molecule has 4 aromatic rings. The van der Waals surface area contributed by atoms with Crippen molar-refractivity contribution in [2.75, 3.05) is 61.2 Å². The van der Waals surface area contributed by atoms with Crippen LogP contribution >= 0.6 is 11.6 Å². The van der Waals surface area contributed by atoms with Gasteiger partial charge >= 0.3 is 0 Å². The molecule has 0 aliphatic carbocycles. The Labute approximate surface area is 232 Å². The highest BCUT2D eigenvalue weighted by molar-refractivity contribution is 6.31. The van der Waals surface area contributed by atoms with Crippen LogP contribution < -0.4 is 25.6 Å². The van der Waals surface area contributed by atoms with Crippen LogP contribution in [0, 0.1) is 0 Å². The molecule has 5 rings (SSSR count). The van der Waals surface area contributed by atoms with Crippen molar-refractivity contribution in [1.29, 1.82) is 0 Å². The number of hydrogen-bond acceptors (Lipinski definition) is 8. The Morgan fingerprint density at radius 3 is 2.56 bits per heavy atom. The smallest absolute Gasteiger partial charge is 0.247 e. The Kier molecular flexibility index (Phi) is 7.81. The molecule has 1 aromatic heterocycles. The molecule has 200 valence electrons. The minimum atomic E-state index is -0.287. The molecule has 0 saturated carbocycles. The summed E-state index contributed by atoms with van der Waals surface area (Å²) in [7, 11) is 3.80. The zero-order valence-electron chi connectivity index (χ0n) is 21.9. The third-order valence-corrected chi connectivity index (χ3v) is 6.77. The molecule has 39 heavy (non-hydrogen) atoms. The molecule has 0 unspecified atom stereocenters. The first-order chi connectivity index (χ1) is 18.9. The van der Waals surface area contributed by atoms with Crippen molar-refractivity contribution >= 4 is 62.9 Å². The fourth-order valence-electron chi connectivity index (χ4n) is 4.42. The van der Waals surface area contributed by atoms with E-state index in [0.717, 1.165) is 48.6 Å². The number of anilines is 6. The number of benzene rings is 3. The third kappa shape index (κ3) is 6.22. The number of nitrogens with one attached hydrogen (secondary N) is 3. The highest BCUT2D eigenvalue weighted by atomic mass is 35.5. The minimum Gasteiger partial charge on any atom is -0.494 e. The van der Waals surface area contributed by atoms with Gasteiger partial charge in [-0.15, -0.1) is 0 Å². The van der Waals surface area contributed by atoms with Gasteiger partial charge in [0.05, 0.1) is 18.3 Å². The second-order valence-corrected chi connectivity index (χ2v) is 9.69. The SMILES string of the molecule is C=CC(=O)Nc1cccc(Nc2nc(Nc3ccc(N4CCN(C)CC4)cc3OC)nc3ccc(Cl)cc23)c1. The van der Waals surface area contributed by atoms with Crippen LogP contribution in [0.25, 0.3) is 10.9 Å². The summed E-state index contributed by atoms with van der Waals surface area (Å²) in [6.07, 6.45) is 1.23. The molecular formula is C29H30ClN7O2. The highest BCUT2D eigenvalue weighted by Crippen LogP contribution is 2.34. The average molecular weight is 544 g/mol. The van der Waals surface area contributed by atoms with Gasteiger partial charge in [-0.25, -0.2) is 4.98 Å². The number of amides is 1. The molecule has 1 aliphatic heterocycles. The van der Waals surface area contributed by atoms with Crippen molar-refractivity contribution in [3.8, 4) is 5.75 Å². The van der Waals surface area contributed by atoms with Gasteiger partial charge in [0.2, 0.25) is 11.9 Å². The second-order valence-electron chi connectivity index (χ2n) is 9.26. The lowest BCUT2D eigenvalue weighted by Crippen LogP contribution is -2.44. The van der Waals surface area contributed by atoms with Crippen LogP contribution in [0.2, 0.25) is 5.02 Å². The lowest BCUT2D eigenvalue weighted by molar-refractivity contribution is -0.111. The van der Waals surface area contributed by atoms with E-state index >= 15 is 0 Å². The molecule has 0 spiro atoms. The summed E-state index contributed by atoms with van der Waals surface area (Å²) < 4.78 is 5.72. The zero-order chi connectivity index (χ0) is 27.4. The predicted octanol–water partition coefficient (Wildman–Crippen LogP) is 5.66. The lowest BCUT2D eigenvalue weighted by Gasteiger charge is -2.34. The molecule has 2 heterocycles. The van der Waals surface area contributed by atoms with Crippen molar-refractivity contribution in [3.05, 3.63) is 78.3 Å². The summed E-state index contributed by atoms with van der Waals surface area (Å²) in [6, 6.07) is 18.9. The number of nitrogens with zero attached hydrogens (tertiary/aromatic N) is 4. The predicted molar refractivity (Wildman–Crippen MR) is 159 cm³/mol. The first-order valence-corrected chi connectivity index (χ1v) is 13.0. The zero-order valence-corrected chi connectivity index (χ0v) is 22.6. The van der Waals surface area contributed by atoms with Gasteiger partial charge in [0, 0.05) is 59.7 Å². The number of fused-ring (bicyclic) bond motifs is 1. The van der Waals surface area contributed by atoms with Crippen molar-refractivity contribution in [1.82, 2.24) is 14.9 Å². The van der Waals surface area contributed by atoms with Crippen molar-refractivity contribution in [3.63, 3.8) is 0 Å². The van der Waals surface area contributed by atoms with Crippen LogP contribution in [-0.2, 0) is 4.79 Å². The highest BCUT2D eigenvalue weighted by Gasteiger charge is 2.17. The summed E-state index contributed by atoms with van der Waals surface area (Å²) in [5, 5.41) is 10.8. The summed E-state index contributed by atoms with van der Waals surface area (Å²) in [4.78, 5) is 25.9. The minimum absolute atomic E-state index is 0.287. The number of aromatic nitrogens is 2. The van der Waals surface area contributed by atoms with Gasteiger partial charge in [0.15, 0.2) is 0 Å². The molecule has 0 atom stereocenters. The van der Waals surface area contributed by atoms with Gasteiger partial charge in [-0.2, -0.15) is 4.98 Å². The molecule has 0 bridgehead atoms. The van der Waals surface area contributed by atoms with E-state index in [1.165, 1.54) is 6.08 Å². The molecule has 9 nitrogen and oxygen atoms in total. The van der Waals surface area contributed by atoms with Crippen molar-refractivity contribution in [2.45, 2.75) is 0 Å². The Morgan fingerprint density at radius 2 is 1.79 bits per heavy atom. The molecule has 0 radical (unpaired) electrons. The van der Waals surface area contributed by atoms with E-state index in [9.17, 15) is 4.79 Å². The van der Waals surface area contributed by atoms with Crippen LogP contribution in [0.4, 0.5) is 34.5 Å². The van der Waals surface area contributed by atoms with E-state index in [-0.39, 0.29) is 5.91 Å². The Bertz CT molecular complexity index is 1520. The Hall–Kier alpha value is -4.34. The molecule has 1 aliphatic rings. The average Bonchev–Trinajstić information content (AvgIpc) is 2.94. The normalized spacial score (nSPS) is 13.7. The lowest BCUT2D eigenvalue weighted by atomic mass is 10.2. The van der Waals surface area contributed by atoms with E-state index in [0.29, 0.717) is 33.7 Å². The van der Waals surface area contributed by atoms with E-state index in [4.69, 9.17) is 26.3 Å². The molecule has 1 amide bonds. The summed E-state index contributed by atoms with van der Waals surface area (Å²) >= 11 is 6.31. The summed E-state index contributed by atoms with van der Waals surface area (Å²) in [6.45, 7) is 7.49. The summed E-state index contributed by atoms with van der Waals surface area (Å²) in [5.41, 5.74) is 3.94. The standard InChI is InChI=1S/C29H30ClN7O2/c1-4-27(38)31-20-6-5-7-21(17-20)32-28-23-16-19(30)8-10-24(23)33-29(35-28)34-25-11-9-22(18-26(25)39-3)37-14-12-36(2)13-15-37/h4-11,16-18H,1,12-15H2,2-3H3,(H,31,38)(H2,32,33,34,35). The van der Waals surface area contributed by atoms with Gasteiger partial charge in [-0.05, 0) is 61.7 Å². The van der Waals surface area contributed by atoms with Crippen molar-refractivity contribution in [2.24, 2.45) is 0 Å². The molecule has 3 N–H and O–H groups in total. The maximum atomic E-state index is 11.7. The second kappa shape index (κ2) is 11.6. The number of methoxy groups -OCH3 is 1. The molecule has 10 heteroatoms. The first-order valence-electron chi connectivity index (χ1n) is 12.6. The molecular weight excluding hydrogens is 514 g/mol. The van der Waals surface area contributed by atoms with Crippen LogP contribution in [0.15, 0.2) is 73.3 Å². The quantitative estimate of drug-likeness (QED) is 0.245. The topological polar surface area (TPSA) is 94.6 Å². The largest absolute Gasteiger partial charge is 0.494 e. The number of rotatable bonds is 8. The third-order valence-electron chi connectivity index (χ3n) is 6.54. The number of hydrogen-bond donors (Lipinski definition) is 3. The maximum Gasteiger partial charge on any atom is 0.247 e. The fourth-order valence-corrected chi connectivity index (χ4v) is 4.59. The van der Waals surface area contributed by atoms with E-state index in [1.54, 1.807) is 19.2 Å². The first kappa shape index (κ1) is 26.3. The van der Waals surface area contributed by atoms with Gasteiger partial charge in [0.1, 0.15) is 11.6 Å². The number of likely N-dealkylation sites (N-methyl/N-ethyl adjacent to an activating group) is 1. The number of halogens is 1. The number of carbonyl (C=O) groups excluding carboxylic acids is 1. The number of piperazine rings is 1. The van der Waals surface area contributed by atoms with Crippen LogP contribution in [0.1, 0.15) is 0 Å². The van der Waals surface area contributed by atoms with E-state index < -0.39 is 0 Å². The molecule has 1 fully saturated rings. The Balaban J connectivity index is 1.45. The molecule has 1 saturated heterocycles. The van der Waals surface area contributed by atoms with Crippen LogP contribution in [0.3, 0.4) is 0 Å². The van der Waals surface area contributed by atoms with E-state index in [2.05, 4.69) is 45.4 Å². The van der Waals surface area contributed by atoms with Gasteiger partial charge < -0.3 is 30.5 Å². The van der Waals surface area contributed by atoms with Crippen LogP contribution in [-0.4, -0.2) is 61.1 Å². The van der Waals surface area contributed by atoms with Crippen molar-refractivity contribution < 1.29 is 9.53 Å². The summed E-state index contributed by atoms with van der Waals surface area (Å²) in [5.74, 6) is 1.37. The maximum absolute atomic E-state index is 11.7. The van der Waals surface area contributed by atoms with Gasteiger partial charge in [-0.3, -0.25) is 4.79 Å². The number of ether oxygens (including phenoxy) is 1. The van der Waals surface area contributed by atoms with Crippen LogP contribution in [0.5, 0.6) is 5.75 Å². The van der Waals surface area contributed by atoms with Gasteiger partial charge in [0.25, 0.3) is 0 Å². The number of carbonyl (C=O) groups is 1.